The first-order chi connectivity index (χ1) is 9.71. The van der Waals surface area contributed by atoms with Gasteiger partial charge < -0.3 is 0 Å². The Morgan fingerprint density at radius 3 is 1.81 bits per heavy atom. The average Bonchev–Trinajstić information content (AvgIpc) is 2.76. The zero-order valence-electron chi connectivity index (χ0n) is 13.4. The highest BCUT2D eigenvalue weighted by molar-refractivity contribution is 6.11. The van der Waals surface area contributed by atoms with E-state index in [4.69, 9.17) is 0 Å². The van der Waals surface area contributed by atoms with Crippen molar-refractivity contribution in [3.8, 4) is 0 Å². The van der Waals surface area contributed by atoms with Crippen molar-refractivity contribution in [3.05, 3.63) is 34.4 Å². The number of fused-ring (bicyclic) bond motifs is 1. The summed E-state index contributed by atoms with van der Waals surface area (Å²) in [4.78, 5) is 25.5. The fourth-order valence-electron chi connectivity index (χ4n) is 3.72. The highest BCUT2D eigenvalue weighted by Gasteiger charge is 2.53. The molecule has 2 saturated heterocycles. The van der Waals surface area contributed by atoms with Crippen molar-refractivity contribution >= 4 is 11.8 Å². The molecule has 2 fully saturated rings. The summed E-state index contributed by atoms with van der Waals surface area (Å²) in [6.07, 6.45) is 0. The minimum Gasteiger partial charge on any atom is -0.272 e. The molecule has 0 aromatic heterocycles. The number of amides is 2. The van der Waals surface area contributed by atoms with Crippen molar-refractivity contribution in [2.24, 2.45) is 5.41 Å². The lowest BCUT2D eigenvalue weighted by Crippen LogP contribution is -2.33. The van der Waals surface area contributed by atoms with Crippen LogP contribution in [0.1, 0.15) is 42.0 Å². The number of nitrogens with zero attached hydrogens (tertiary/aromatic N) is 2. The maximum atomic E-state index is 12.7. The molecule has 2 amide bonds. The second kappa shape index (κ2) is 4.33. The maximum Gasteiger partial charge on any atom is 0.258 e. The first-order valence-corrected chi connectivity index (χ1v) is 7.42. The Balaban J connectivity index is 2.03. The van der Waals surface area contributed by atoms with Crippen molar-refractivity contribution in [1.82, 2.24) is 10.0 Å². The topological polar surface area (TPSA) is 40.6 Å². The third-order valence-electron chi connectivity index (χ3n) is 4.48. The van der Waals surface area contributed by atoms with Gasteiger partial charge in [-0.25, -0.2) is 10.0 Å². The van der Waals surface area contributed by atoms with Gasteiger partial charge in [0, 0.05) is 18.5 Å². The van der Waals surface area contributed by atoms with E-state index < -0.39 is 5.92 Å². The van der Waals surface area contributed by atoms with Crippen LogP contribution in [0.5, 0.6) is 0 Å². The van der Waals surface area contributed by atoms with Gasteiger partial charge in [0.15, 0.2) is 0 Å². The standard InChI is InChI=1S/C17H22N2O2/c1-10-6-11(2)13(12(3)7-10)14-15(20)18-8-17(4,5)9-19(18)16(14)21/h6-7,14H,8-9H2,1-5H3. The lowest BCUT2D eigenvalue weighted by Gasteiger charge is -2.19. The van der Waals surface area contributed by atoms with Crippen molar-refractivity contribution < 1.29 is 9.59 Å². The molecule has 0 spiro atoms. The summed E-state index contributed by atoms with van der Waals surface area (Å²) in [5.41, 5.74) is 4.09. The van der Waals surface area contributed by atoms with Gasteiger partial charge in [-0.3, -0.25) is 9.59 Å². The van der Waals surface area contributed by atoms with E-state index in [1.165, 1.54) is 0 Å². The van der Waals surface area contributed by atoms with Gasteiger partial charge in [-0.15, -0.1) is 0 Å². The highest BCUT2D eigenvalue weighted by Crippen LogP contribution is 2.40. The molecule has 0 atom stereocenters. The minimum atomic E-state index is -0.651. The van der Waals surface area contributed by atoms with Crippen molar-refractivity contribution in [2.45, 2.75) is 40.5 Å². The molecule has 3 rings (SSSR count). The van der Waals surface area contributed by atoms with E-state index in [9.17, 15) is 9.59 Å². The molecule has 1 aromatic rings. The van der Waals surface area contributed by atoms with Crippen LogP contribution in [0.2, 0.25) is 0 Å². The molecule has 2 heterocycles. The number of aryl methyl sites for hydroxylation is 3. The number of hydrogen-bond donors (Lipinski definition) is 0. The monoisotopic (exact) mass is 286 g/mol. The summed E-state index contributed by atoms with van der Waals surface area (Å²) < 4.78 is 0. The molecule has 112 valence electrons. The summed E-state index contributed by atoms with van der Waals surface area (Å²) in [6, 6.07) is 4.09. The minimum absolute atomic E-state index is 0.0202. The van der Waals surface area contributed by atoms with Crippen molar-refractivity contribution in [1.29, 1.82) is 0 Å². The molecule has 2 aliphatic rings. The van der Waals surface area contributed by atoms with E-state index in [1.807, 2.05) is 32.9 Å². The van der Waals surface area contributed by atoms with Crippen LogP contribution in [0.15, 0.2) is 12.1 Å². The van der Waals surface area contributed by atoms with Gasteiger partial charge in [0.1, 0.15) is 5.92 Å². The molecule has 1 aromatic carbocycles. The van der Waals surface area contributed by atoms with Crippen molar-refractivity contribution in [2.75, 3.05) is 13.1 Å². The number of hydrazine groups is 1. The third kappa shape index (κ3) is 2.04. The van der Waals surface area contributed by atoms with E-state index in [-0.39, 0.29) is 17.2 Å². The normalized spacial score (nSPS) is 21.4. The molecule has 0 N–H and O–H groups in total. The molecule has 4 heteroatoms. The Morgan fingerprint density at radius 2 is 1.38 bits per heavy atom. The molecule has 0 unspecified atom stereocenters. The Hall–Kier alpha value is -1.84. The van der Waals surface area contributed by atoms with E-state index in [0.717, 1.165) is 22.3 Å². The van der Waals surface area contributed by atoms with Crippen LogP contribution in [0.25, 0.3) is 0 Å². The Labute approximate surface area is 125 Å². The Morgan fingerprint density at radius 1 is 0.952 bits per heavy atom. The zero-order chi connectivity index (χ0) is 15.5. The van der Waals surface area contributed by atoms with Crippen LogP contribution in [0, 0.1) is 26.2 Å². The summed E-state index contributed by atoms with van der Waals surface area (Å²) in [5, 5.41) is 3.29. The number of benzene rings is 1. The molecule has 0 bridgehead atoms. The van der Waals surface area contributed by atoms with Gasteiger partial charge in [0.2, 0.25) is 0 Å². The largest absolute Gasteiger partial charge is 0.272 e. The molecule has 0 saturated carbocycles. The molecule has 4 nitrogen and oxygen atoms in total. The van der Waals surface area contributed by atoms with Gasteiger partial charge in [-0.05, 0) is 37.5 Å². The number of hydrogen-bond acceptors (Lipinski definition) is 2. The highest BCUT2D eigenvalue weighted by atomic mass is 16.2. The van der Waals surface area contributed by atoms with E-state index in [0.29, 0.717) is 13.1 Å². The average molecular weight is 286 g/mol. The SMILES string of the molecule is Cc1cc(C)c(C2C(=O)N3CC(C)(C)CN3C2=O)c(C)c1. The maximum absolute atomic E-state index is 12.7. The number of carbonyl (C=O) groups excluding carboxylic acids is 2. The fraction of sp³-hybridized carbons (Fsp3) is 0.529. The summed E-state index contributed by atoms with van der Waals surface area (Å²) >= 11 is 0. The molecular weight excluding hydrogens is 264 g/mol. The smallest absolute Gasteiger partial charge is 0.258 e. The van der Waals surface area contributed by atoms with Crippen LogP contribution in [0.3, 0.4) is 0 Å². The lowest BCUT2D eigenvalue weighted by atomic mass is 9.87. The van der Waals surface area contributed by atoms with Gasteiger partial charge >= 0.3 is 0 Å². The van der Waals surface area contributed by atoms with Crippen molar-refractivity contribution in [3.63, 3.8) is 0 Å². The molecule has 21 heavy (non-hydrogen) atoms. The van der Waals surface area contributed by atoms with Crippen LogP contribution in [-0.4, -0.2) is 34.9 Å². The molecule has 2 aliphatic heterocycles. The van der Waals surface area contributed by atoms with Crippen LogP contribution in [-0.2, 0) is 9.59 Å². The van der Waals surface area contributed by atoms with Gasteiger partial charge in [0.25, 0.3) is 11.8 Å². The van der Waals surface area contributed by atoms with Gasteiger partial charge in [0.05, 0.1) is 0 Å². The summed E-state index contributed by atoms with van der Waals surface area (Å²) in [5.74, 6) is -0.789. The first-order valence-electron chi connectivity index (χ1n) is 7.42. The predicted molar refractivity (Wildman–Crippen MR) is 80.6 cm³/mol. The third-order valence-corrected chi connectivity index (χ3v) is 4.48. The van der Waals surface area contributed by atoms with Crippen LogP contribution in [0.4, 0.5) is 0 Å². The van der Waals surface area contributed by atoms with E-state index in [1.54, 1.807) is 10.0 Å². The van der Waals surface area contributed by atoms with Gasteiger partial charge in [-0.1, -0.05) is 31.5 Å². The second-order valence-corrected chi connectivity index (χ2v) is 7.20. The summed E-state index contributed by atoms with van der Waals surface area (Å²) in [7, 11) is 0. The summed E-state index contributed by atoms with van der Waals surface area (Å²) in [6.45, 7) is 11.4. The van der Waals surface area contributed by atoms with E-state index in [2.05, 4.69) is 13.8 Å². The molecule has 0 aliphatic carbocycles. The zero-order valence-corrected chi connectivity index (χ0v) is 13.4. The Bertz CT molecular complexity index is 599. The Kier molecular flexibility index (Phi) is 2.91. The molecule has 0 radical (unpaired) electrons. The van der Waals surface area contributed by atoms with Gasteiger partial charge in [-0.2, -0.15) is 0 Å². The first kappa shape index (κ1) is 14.1. The predicted octanol–water partition coefficient (Wildman–Crippen LogP) is 2.32. The number of carbonyl (C=O) groups is 2. The fourth-order valence-corrected chi connectivity index (χ4v) is 3.72. The van der Waals surface area contributed by atoms with Crippen LogP contribution >= 0.6 is 0 Å². The van der Waals surface area contributed by atoms with Crippen LogP contribution < -0.4 is 0 Å². The molecular formula is C17H22N2O2. The quantitative estimate of drug-likeness (QED) is 0.743. The van der Waals surface area contributed by atoms with E-state index >= 15 is 0 Å². The number of rotatable bonds is 1. The lowest BCUT2D eigenvalue weighted by molar-refractivity contribution is -0.141. The second-order valence-electron chi connectivity index (χ2n) is 7.20.